The fourth-order valence-corrected chi connectivity index (χ4v) is 4.38. The van der Waals surface area contributed by atoms with Crippen LogP contribution in [-0.4, -0.2) is 33.2 Å². The molecule has 1 aliphatic rings. The van der Waals surface area contributed by atoms with E-state index in [1.54, 1.807) is 24.0 Å². The Labute approximate surface area is 176 Å². The van der Waals surface area contributed by atoms with Crippen LogP contribution >= 0.6 is 11.3 Å². The summed E-state index contributed by atoms with van der Waals surface area (Å²) in [7, 11) is 0. The van der Waals surface area contributed by atoms with Crippen LogP contribution < -0.4 is 5.32 Å². The van der Waals surface area contributed by atoms with E-state index in [1.807, 2.05) is 18.2 Å². The lowest BCUT2D eigenvalue weighted by molar-refractivity contribution is -0.385. The molecule has 0 radical (unpaired) electrons. The Bertz CT molecular complexity index is 1140. The number of aryl methyl sites for hydroxylation is 1. The molecule has 0 spiro atoms. The van der Waals surface area contributed by atoms with Crippen LogP contribution in [0.2, 0.25) is 0 Å². The van der Waals surface area contributed by atoms with E-state index in [2.05, 4.69) is 10.3 Å². The number of nitro groups is 1. The van der Waals surface area contributed by atoms with Gasteiger partial charge in [-0.1, -0.05) is 29.5 Å². The summed E-state index contributed by atoms with van der Waals surface area (Å²) in [6, 6.07) is 13.4. The number of carbonyl (C=O) groups is 2. The number of nitrogens with one attached hydrogen (secondary N) is 1. The molecule has 2 amide bonds. The number of nitrogens with zero attached hydrogens (tertiary/aromatic N) is 3. The summed E-state index contributed by atoms with van der Waals surface area (Å²) in [6.45, 7) is 2.61. The monoisotopic (exact) mass is 422 g/mol. The first-order chi connectivity index (χ1) is 14.4. The van der Waals surface area contributed by atoms with Gasteiger partial charge in [-0.05, 0) is 31.2 Å². The van der Waals surface area contributed by atoms with Crippen molar-refractivity contribution in [2.45, 2.75) is 19.9 Å². The predicted molar refractivity (Wildman–Crippen MR) is 113 cm³/mol. The molecule has 0 unspecified atom stereocenters. The summed E-state index contributed by atoms with van der Waals surface area (Å²) in [4.78, 5) is 42.9. The number of carbonyl (C=O) groups excluding carboxylic acids is 2. The van der Waals surface area contributed by atoms with E-state index in [0.717, 1.165) is 10.6 Å². The molecule has 3 aromatic rings. The quantitative estimate of drug-likeness (QED) is 0.508. The van der Waals surface area contributed by atoms with Crippen LogP contribution in [0.4, 0.5) is 10.8 Å². The number of hydrogen-bond donors (Lipinski definition) is 1. The van der Waals surface area contributed by atoms with Gasteiger partial charge >= 0.3 is 0 Å². The molecular weight excluding hydrogens is 404 g/mol. The Hall–Kier alpha value is -3.59. The van der Waals surface area contributed by atoms with Gasteiger partial charge in [0.25, 0.3) is 17.5 Å². The normalized spacial score (nSPS) is 12.9. The topological polar surface area (TPSA) is 105 Å². The molecule has 0 saturated carbocycles. The maximum absolute atomic E-state index is 12.7. The van der Waals surface area contributed by atoms with Gasteiger partial charge < -0.3 is 4.90 Å². The minimum Gasteiger partial charge on any atom is -0.333 e. The summed E-state index contributed by atoms with van der Waals surface area (Å²) < 4.78 is 0. The highest BCUT2D eigenvalue weighted by atomic mass is 32.1. The van der Waals surface area contributed by atoms with Gasteiger partial charge in [-0.3, -0.25) is 25.0 Å². The van der Waals surface area contributed by atoms with Crippen LogP contribution in [0.1, 0.15) is 36.9 Å². The minimum absolute atomic E-state index is 0.0263. The molecule has 1 aliphatic heterocycles. The largest absolute Gasteiger partial charge is 0.333 e. The highest BCUT2D eigenvalue weighted by Gasteiger charge is 2.25. The van der Waals surface area contributed by atoms with E-state index < -0.39 is 4.92 Å². The molecule has 1 N–H and O–H groups in total. The number of nitro benzene ring substituents is 1. The third-order valence-electron chi connectivity index (χ3n) is 4.92. The lowest BCUT2D eigenvalue weighted by atomic mass is 10.1. The molecule has 0 fully saturated rings. The molecule has 0 bridgehead atoms. The number of hydrogen-bond acceptors (Lipinski definition) is 6. The van der Waals surface area contributed by atoms with Gasteiger partial charge in [0.05, 0.1) is 17.2 Å². The highest BCUT2D eigenvalue weighted by molar-refractivity contribution is 7.15. The van der Waals surface area contributed by atoms with E-state index >= 15 is 0 Å². The van der Waals surface area contributed by atoms with Crippen LogP contribution in [0.3, 0.4) is 0 Å². The molecule has 4 rings (SSSR count). The van der Waals surface area contributed by atoms with Crippen LogP contribution in [-0.2, 0) is 13.0 Å². The first kappa shape index (κ1) is 19.7. The molecule has 8 nitrogen and oxygen atoms in total. The number of aromatic nitrogens is 1. The lowest BCUT2D eigenvalue weighted by Crippen LogP contribution is -2.35. The molecule has 0 saturated heterocycles. The summed E-state index contributed by atoms with van der Waals surface area (Å²) >= 11 is 1.34. The number of fused-ring (bicyclic) bond motifs is 1. The molecule has 0 atom stereocenters. The zero-order chi connectivity index (χ0) is 21.3. The van der Waals surface area contributed by atoms with Crippen molar-refractivity contribution in [2.75, 3.05) is 11.9 Å². The van der Waals surface area contributed by atoms with Crippen molar-refractivity contribution in [3.05, 3.63) is 85.9 Å². The van der Waals surface area contributed by atoms with Crippen molar-refractivity contribution in [3.8, 4) is 0 Å². The smallest absolute Gasteiger partial charge is 0.272 e. The molecular formula is C21H18N4O4S. The maximum atomic E-state index is 12.7. The summed E-state index contributed by atoms with van der Waals surface area (Å²) in [5.41, 5.74) is 2.24. The Balaban J connectivity index is 1.47. The Kier molecular flexibility index (Phi) is 5.28. The van der Waals surface area contributed by atoms with Crippen LogP contribution in [0.25, 0.3) is 0 Å². The maximum Gasteiger partial charge on any atom is 0.272 e. The molecule has 1 aromatic heterocycles. The molecule has 2 heterocycles. The average molecular weight is 422 g/mol. The van der Waals surface area contributed by atoms with Gasteiger partial charge in [-0.2, -0.15) is 0 Å². The lowest BCUT2D eigenvalue weighted by Gasteiger charge is -2.26. The Morgan fingerprint density at radius 3 is 2.63 bits per heavy atom. The fraction of sp³-hybridized carbons (Fsp3) is 0.190. The van der Waals surface area contributed by atoms with Crippen LogP contribution in [0.5, 0.6) is 0 Å². The SMILES string of the molecule is Cc1cc(C(=O)Nc2nc3c(s2)CN(C(=O)c2ccccc2)CC3)ccc1[N+](=O)[O-]. The van der Waals surface area contributed by atoms with Gasteiger partial charge in [0, 0.05) is 40.6 Å². The van der Waals surface area contributed by atoms with Crippen molar-refractivity contribution >= 4 is 34.0 Å². The number of benzene rings is 2. The average Bonchev–Trinajstić information content (AvgIpc) is 3.14. The van der Waals surface area contributed by atoms with Crippen molar-refractivity contribution in [1.82, 2.24) is 9.88 Å². The zero-order valence-corrected chi connectivity index (χ0v) is 16.9. The van der Waals surface area contributed by atoms with Crippen molar-refractivity contribution in [2.24, 2.45) is 0 Å². The van der Waals surface area contributed by atoms with E-state index in [4.69, 9.17) is 0 Å². The van der Waals surface area contributed by atoms with Gasteiger partial charge in [-0.25, -0.2) is 4.98 Å². The van der Waals surface area contributed by atoms with Crippen molar-refractivity contribution in [3.63, 3.8) is 0 Å². The summed E-state index contributed by atoms with van der Waals surface area (Å²) in [6.07, 6.45) is 0.622. The fourth-order valence-electron chi connectivity index (χ4n) is 3.36. The second-order valence-electron chi connectivity index (χ2n) is 6.94. The first-order valence-electron chi connectivity index (χ1n) is 9.31. The van der Waals surface area contributed by atoms with Gasteiger partial charge in [0.2, 0.25) is 0 Å². The number of thiazole rings is 1. The molecule has 9 heteroatoms. The summed E-state index contributed by atoms with van der Waals surface area (Å²) in [5, 5.41) is 14.2. The predicted octanol–water partition coefficient (Wildman–Crippen LogP) is 3.81. The van der Waals surface area contributed by atoms with Crippen molar-refractivity contribution < 1.29 is 14.5 Å². The van der Waals surface area contributed by atoms with E-state index in [1.165, 1.54) is 29.5 Å². The number of amides is 2. The van der Waals surface area contributed by atoms with E-state index in [-0.39, 0.29) is 17.5 Å². The molecule has 30 heavy (non-hydrogen) atoms. The standard InChI is InChI=1S/C21H18N4O4S/c1-13-11-15(7-8-17(13)25(28)29)19(26)23-21-22-16-9-10-24(12-18(16)30-21)20(27)14-5-3-2-4-6-14/h2-8,11H,9-10,12H2,1H3,(H,22,23,26). The number of anilines is 1. The molecule has 2 aromatic carbocycles. The van der Waals surface area contributed by atoms with E-state index in [0.29, 0.717) is 41.3 Å². The van der Waals surface area contributed by atoms with Crippen LogP contribution in [0.15, 0.2) is 48.5 Å². The third-order valence-corrected chi connectivity index (χ3v) is 5.91. The second-order valence-corrected chi connectivity index (χ2v) is 8.03. The molecule has 152 valence electrons. The van der Waals surface area contributed by atoms with Crippen molar-refractivity contribution in [1.29, 1.82) is 0 Å². The van der Waals surface area contributed by atoms with E-state index in [9.17, 15) is 19.7 Å². The third kappa shape index (κ3) is 3.92. The zero-order valence-electron chi connectivity index (χ0n) is 16.1. The van der Waals surface area contributed by atoms with Crippen LogP contribution in [0, 0.1) is 17.0 Å². The summed E-state index contributed by atoms with van der Waals surface area (Å²) in [5.74, 6) is -0.405. The Morgan fingerprint density at radius 1 is 1.17 bits per heavy atom. The second kappa shape index (κ2) is 8.03. The highest BCUT2D eigenvalue weighted by Crippen LogP contribution is 2.29. The molecule has 0 aliphatic carbocycles. The first-order valence-corrected chi connectivity index (χ1v) is 10.1. The van der Waals surface area contributed by atoms with Gasteiger partial charge in [0.15, 0.2) is 5.13 Å². The van der Waals surface area contributed by atoms with Gasteiger partial charge in [-0.15, -0.1) is 0 Å². The number of rotatable bonds is 4. The Morgan fingerprint density at radius 2 is 1.93 bits per heavy atom. The minimum atomic E-state index is -0.478. The van der Waals surface area contributed by atoms with Gasteiger partial charge in [0.1, 0.15) is 0 Å².